The Balaban J connectivity index is 1.95. The summed E-state index contributed by atoms with van der Waals surface area (Å²) in [5.41, 5.74) is 0.847. The molecule has 11 heteroatoms. The largest absolute Gasteiger partial charge is 0.490 e. The molecule has 1 fully saturated rings. The summed E-state index contributed by atoms with van der Waals surface area (Å²) < 4.78 is 38.0. The molecule has 1 aromatic rings. The van der Waals surface area contributed by atoms with Gasteiger partial charge >= 0.3 is 0 Å². The number of anilines is 1. The Labute approximate surface area is 245 Å². The Kier molecular flexibility index (Phi) is 12.4. The zero-order valence-corrected chi connectivity index (χ0v) is 26.1. The molecule has 0 spiro atoms. The molecule has 1 aliphatic heterocycles. The van der Waals surface area contributed by atoms with Gasteiger partial charge in [0.1, 0.15) is 5.75 Å². The predicted octanol–water partition coefficient (Wildman–Crippen LogP) is 3.89. The summed E-state index contributed by atoms with van der Waals surface area (Å²) in [6.45, 7) is 6.25. The molecule has 1 aromatic carbocycles. The van der Waals surface area contributed by atoms with E-state index in [4.69, 9.17) is 9.47 Å². The van der Waals surface area contributed by atoms with Crippen LogP contribution in [0, 0.1) is 11.8 Å². The van der Waals surface area contributed by atoms with Gasteiger partial charge in [-0.3, -0.25) is 9.59 Å². The van der Waals surface area contributed by atoms with Gasteiger partial charge in [-0.25, -0.2) is 12.7 Å². The number of hydrogen-bond acceptors (Lipinski definition) is 7. The van der Waals surface area contributed by atoms with Crippen LogP contribution < -0.4 is 10.1 Å². The third kappa shape index (κ3) is 9.66. The zero-order chi connectivity index (χ0) is 30.2. The standard InChI is InChI=1S/C30H49N3O7S/c1-21-18-33(22(2)20-34)30(36)26-17-25(31-29(35)24-12-7-6-8-13-24)14-15-27(26)40-23(3)11-9-10-16-39-28(21)19-32(4)41(5,37)38/h14-15,17,21-24,28,34H,6-13,16,18-20H2,1-5H3,(H,31,35)/t21-,22-,23+,28-/m0/s1. The van der Waals surface area contributed by atoms with Crippen molar-refractivity contribution in [3.05, 3.63) is 23.8 Å². The summed E-state index contributed by atoms with van der Waals surface area (Å²) in [7, 11) is -1.90. The molecular weight excluding hydrogens is 546 g/mol. The SMILES string of the molecule is C[C@@H]1CCCCO[C@@H](CN(C)S(C)(=O)=O)[C@@H](C)CN([C@@H](C)CO)C(=O)c2cc(NC(=O)C3CCCCC3)ccc2O1. The van der Waals surface area contributed by atoms with E-state index >= 15 is 0 Å². The number of aliphatic hydroxyl groups excluding tert-OH is 1. The van der Waals surface area contributed by atoms with Crippen molar-refractivity contribution in [3.8, 4) is 5.75 Å². The van der Waals surface area contributed by atoms with Crippen LogP contribution >= 0.6 is 0 Å². The number of nitrogens with zero attached hydrogens (tertiary/aromatic N) is 2. The van der Waals surface area contributed by atoms with Gasteiger partial charge in [0.15, 0.2) is 0 Å². The van der Waals surface area contributed by atoms with Crippen LogP contribution in [-0.2, 0) is 19.6 Å². The van der Waals surface area contributed by atoms with Gasteiger partial charge in [-0.05, 0) is 64.2 Å². The molecule has 41 heavy (non-hydrogen) atoms. The topological polar surface area (TPSA) is 125 Å². The molecule has 1 aliphatic carbocycles. The fourth-order valence-corrected chi connectivity index (χ4v) is 5.88. The van der Waals surface area contributed by atoms with Crippen LogP contribution in [0.1, 0.15) is 82.5 Å². The molecule has 2 aliphatic rings. The summed E-state index contributed by atoms with van der Waals surface area (Å²) in [5, 5.41) is 13.1. The monoisotopic (exact) mass is 595 g/mol. The van der Waals surface area contributed by atoms with Gasteiger partial charge in [0.05, 0.1) is 36.7 Å². The smallest absolute Gasteiger partial charge is 0.258 e. The fraction of sp³-hybridized carbons (Fsp3) is 0.733. The van der Waals surface area contributed by atoms with Crippen molar-refractivity contribution in [2.75, 3.05) is 44.9 Å². The number of rotatable bonds is 7. The van der Waals surface area contributed by atoms with Gasteiger partial charge < -0.3 is 24.8 Å². The summed E-state index contributed by atoms with van der Waals surface area (Å²) in [6, 6.07) is 4.67. The van der Waals surface area contributed by atoms with Crippen LogP contribution in [0.3, 0.4) is 0 Å². The molecule has 2 N–H and O–H groups in total. The molecule has 2 amide bonds. The Bertz CT molecular complexity index is 1120. The van der Waals surface area contributed by atoms with Gasteiger partial charge in [0.25, 0.3) is 5.91 Å². The van der Waals surface area contributed by atoms with Crippen LogP contribution in [0.2, 0.25) is 0 Å². The van der Waals surface area contributed by atoms with Crippen LogP contribution in [0.25, 0.3) is 0 Å². The summed E-state index contributed by atoms with van der Waals surface area (Å²) in [5.74, 6) is -0.198. The van der Waals surface area contributed by atoms with Crippen molar-refractivity contribution in [1.29, 1.82) is 0 Å². The first-order chi connectivity index (χ1) is 19.4. The molecule has 0 radical (unpaired) electrons. The van der Waals surface area contributed by atoms with E-state index in [0.717, 1.165) is 57.6 Å². The quantitative estimate of drug-likeness (QED) is 0.490. The van der Waals surface area contributed by atoms with Gasteiger partial charge in [-0.15, -0.1) is 0 Å². The van der Waals surface area contributed by atoms with Crippen molar-refractivity contribution in [2.24, 2.45) is 11.8 Å². The average molecular weight is 596 g/mol. The molecule has 0 unspecified atom stereocenters. The highest BCUT2D eigenvalue weighted by molar-refractivity contribution is 7.88. The normalized spacial score (nSPS) is 24.7. The number of nitrogens with one attached hydrogen (secondary N) is 1. The van der Waals surface area contributed by atoms with Crippen LogP contribution in [-0.4, -0.2) is 92.4 Å². The number of sulfonamides is 1. The summed E-state index contributed by atoms with van der Waals surface area (Å²) in [4.78, 5) is 28.7. The highest BCUT2D eigenvalue weighted by Crippen LogP contribution is 2.30. The maximum Gasteiger partial charge on any atom is 0.258 e. The fourth-order valence-electron chi connectivity index (χ4n) is 5.46. The highest BCUT2D eigenvalue weighted by atomic mass is 32.2. The third-order valence-electron chi connectivity index (χ3n) is 8.30. The highest BCUT2D eigenvalue weighted by Gasteiger charge is 2.31. The lowest BCUT2D eigenvalue weighted by atomic mass is 9.88. The van der Waals surface area contributed by atoms with E-state index in [1.807, 2.05) is 13.8 Å². The second-order valence-corrected chi connectivity index (χ2v) is 14.0. The van der Waals surface area contributed by atoms with Gasteiger partial charge in [-0.1, -0.05) is 26.2 Å². The third-order valence-corrected chi connectivity index (χ3v) is 9.58. The number of amides is 2. The van der Waals surface area contributed by atoms with E-state index in [2.05, 4.69) is 5.32 Å². The zero-order valence-electron chi connectivity index (χ0n) is 25.3. The number of aliphatic hydroxyl groups is 1. The number of likely N-dealkylation sites (N-methyl/N-ethyl adjacent to an activating group) is 1. The molecule has 1 heterocycles. The van der Waals surface area contributed by atoms with Crippen molar-refractivity contribution < 1.29 is 32.6 Å². The number of carbonyl (C=O) groups is 2. The van der Waals surface area contributed by atoms with Crippen molar-refractivity contribution >= 4 is 27.5 Å². The van der Waals surface area contributed by atoms with E-state index in [1.54, 1.807) is 30.0 Å². The first-order valence-electron chi connectivity index (χ1n) is 15.0. The number of fused-ring (bicyclic) bond motifs is 1. The Hall–Kier alpha value is -2.21. The molecule has 4 atom stereocenters. The Morgan fingerprint density at radius 2 is 1.83 bits per heavy atom. The molecule has 1 saturated carbocycles. The number of benzene rings is 1. The van der Waals surface area contributed by atoms with E-state index in [0.29, 0.717) is 23.6 Å². The predicted molar refractivity (Wildman–Crippen MR) is 160 cm³/mol. The molecule has 0 bridgehead atoms. The maximum atomic E-state index is 14.2. The first kappa shape index (κ1) is 33.3. The maximum absolute atomic E-state index is 14.2. The average Bonchev–Trinajstić information content (AvgIpc) is 2.94. The number of carbonyl (C=O) groups excluding carboxylic acids is 2. The lowest BCUT2D eigenvalue weighted by Gasteiger charge is -2.35. The Morgan fingerprint density at radius 1 is 1.15 bits per heavy atom. The number of hydrogen-bond donors (Lipinski definition) is 2. The van der Waals surface area contributed by atoms with E-state index in [1.165, 1.54) is 11.4 Å². The summed E-state index contributed by atoms with van der Waals surface area (Å²) in [6.07, 6.45) is 7.90. The number of ether oxygens (including phenoxy) is 2. The summed E-state index contributed by atoms with van der Waals surface area (Å²) >= 11 is 0. The van der Waals surface area contributed by atoms with E-state index < -0.39 is 22.2 Å². The lowest BCUT2D eigenvalue weighted by molar-refractivity contribution is -0.120. The first-order valence-corrected chi connectivity index (χ1v) is 16.8. The minimum absolute atomic E-state index is 0.0295. The second-order valence-electron chi connectivity index (χ2n) is 11.9. The molecular formula is C30H49N3O7S. The van der Waals surface area contributed by atoms with E-state index in [-0.39, 0.29) is 49.5 Å². The van der Waals surface area contributed by atoms with Crippen LogP contribution in [0.15, 0.2) is 18.2 Å². The van der Waals surface area contributed by atoms with E-state index in [9.17, 15) is 23.1 Å². The van der Waals surface area contributed by atoms with Crippen LogP contribution in [0.5, 0.6) is 5.75 Å². The van der Waals surface area contributed by atoms with Crippen molar-refractivity contribution in [2.45, 2.75) is 90.4 Å². The molecule has 0 saturated heterocycles. The minimum atomic E-state index is -3.42. The van der Waals surface area contributed by atoms with Gasteiger partial charge in [0, 0.05) is 44.3 Å². The van der Waals surface area contributed by atoms with Crippen molar-refractivity contribution in [3.63, 3.8) is 0 Å². The molecule has 10 nitrogen and oxygen atoms in total. The minimum Gasteiger partial charge on any atom is -0.490 e. The molecule has 3 rings (SSSR count). The second kappa shape index (κ2) is 15.3. The molecule has 0 aromatic heterocycles. The van der Waals surface area contributed by atoms with Crippen molar-refractivity contribution in [1.82, 2.24) is 9.21 Å². The van der Waals surface area contributed by atoms with Gasteiger partial charge in [-0.2, -0.15) is 0 Å². The Morgan fingerprint density at radius 3 is 2.49 bits per heavy atom. The van der Waals surface area contributed by atoms with Crippen LogP contribution in [0.4, 0.5) is 5.69 Å². The van der Waals surface area contributed by atoms with Gasteiger partial charge in [0.2, 0.25) is 15.9 Å². The lowest BCUT2D eigenvalue weighted by Crippen LogP contribution is -2.47. The molecule has 232 valence electrons.